The van der Waals surface area contributed by atoms with E-state index in [1.165, 1.54) is 5.56 Å². The van der Waals surface area contributed by atoms with Crippen molar-refractivity contribution in [3.05, 3.63) is 22.4 Å². The van der Waals surface area contributed by atoms with E-state index in [1.54, 1.807) is 11.3 Å². The molecule has 1 aromatic heterocycles. The molecule has 68 valence electrons. The summed E-state index contributed by atoms with van der Waals surface area (Å²) in [5.41, 5.74) is 1.79. The summed E-state index contributed by atoms with van der Waals surface area (Å²) in [6, 6.07) is 2.20. The number of thiophene rings is 1. The SMILES string of the molecule is CC(CBr)(CBr)Cc1ccsc1. The van der Waals surface area contributed by atoms with Crippen molar-refractivity contribution in [2.75, 3.05) is 10.7 Å². The quantitative estimate of drug-likeness (QED) is 0.735. The van der Waals surface area contributed by atoms with Gasteiger partial charge in [-0.2, -0.15) is 11.3 Å². The zero-order valence-electron chi connectivity index (χ0n) is 7.02. The summed E-state index contributed by atoms with van der Waals surface area (Å²) in [6.45, 7) is 2.29. The van der Waals surface area contributed by atoms with E-state index >= 15 is 0 Å². The van der Waals surface area contributed by atoms with Gasteiger partial charge in [0.1, 0.15) is 0 Å². The molecule has 0 aliphatic heterocycles. The highest BCUT2D eigenvalue weighted by atomic mass is 79.9. The van der Waals surface area contributed by atoms with Crippen LogP contribution in [0.4, 0.5) is 0 Å². The normalized spacial score (nSPS) is 11.9. The van der Waals surface area contributed by atoms with Crippen LogP contribution in [0, 0.1) is 5.41 Å². The summed E-state index contributed by atoms with van der Waals surface area (Å²) in [7, 11) is 0. The van der Waals surface area contributed by atoms with Crippen molar-refractivity contribution in [3.8, 4) is 0 Å². The van der Waals surface area contributed by atoms with E-state index in [-0.39, 0.29) is 0 Å². The molecule has 0 saturated carbocycles. The summed E-state index contributed by atoms with van der Waals surface area (Å²) in [5.74, 6) is 0. The van der Waals surface area contributed by atoms with Gasteiger partial charge >= 0.3 is 0 Å². The van der Waals surface area contributed by atoms with Gasteiger partial charge in [-0.15, -0.1) is 0 Å². The van der Waals surface area contributed by atoms with Gasteiger partial charge in [-0.1, -0.05) is 38.8 Å². The van der Waals surface area contributed by atoms with Gasteiger partial charge in [0.15, 0.2) is 0 Å². The Bertz CT molecular complexity index is 214. The lowest BCUT2D eigenvalue weighted by atomic mass is 9.89. The smallest absolute Gasteiger partial charge is 0.00965 e. The predicted octanol–water partition coefficient (Wildman–Crippen LogP) is 4.09. The highest BCUT2D eigenvalue weighted by Crippen LogP contribution is 2.27. The molecule has 0 amide bonds. The average molecular weight is 312 g/mol. The fraction of sp³-hybridized carbons (Fsp3) is 0.556. The van der Waals surface area contributed by atoms with Gasteiger partial charge in [0.2, 0.25) is 0 Å². The van der Waals surface area contributed by atoms with Crippen LogP contribution in [0.5, 0.6) is 0 Å². The Labute approximate surface area is 94.6 Å². The molecule has 0 spiro atoms. The number of rotatable bonds is 4. The molecule has 12 heavy (non-hydrogen) atoms. The standard InChI is InChI=1S/C9H12Br2S/c1-9(6-10,7-11)4-8-2-3-12-5-8/h2-3,5H,4,6-7H2,1H3. The second-order valence-electron chi connectivity index (χ2n) is 3.39. The van der Waals surface area contributed by atoms with E-state index in [0.717, 1.165) is 17.1 Å². The molecule has 0 saturated heterocycles. The van der Waals surface area contributed by atoms with Crippen LogP contribution in [-0.4, -0.2) is 10.7 Å². The van der Waals surface area contributed by atoms with Crippen molar-refractivity contribution < 1.29 is 0 Å². The van der Waals surface area contributed by atoms with Crippen molar-refractivity contribution in [1.29, 1.82) is 0 Å². The molecule has 0 aliphatic carbocycles. The fourth-order valence-electron chi connectivity index (χ4n) is 1.02. The summed E-state index contributed by atoms with van der Waals surface area (Å²) in [4.78, 5) is 0. The minimum absolute atomic E-state index is 0.348. The van der Waals surface area contributed by atoms with E-state index in [0.29, 0.717) is 5.41 Å². The molecule has 1 aromatic rings. The third kappa shape index (κ3) is 2.86. The first-order valence-corrected chi connectivity index (χ1v) is 7.02. The first-order chi connectivity index (χ1) is 5.70. The van der Waals surface area contributed by atoms with E-state index < -0.39 is 0 Å². The summed E-state index contributed by atoms with van der Waals surface area (Å²) >= 11 is 8.87. The van der Waals surface area contributed by atoms with Crippen molar-refractivity contribution in [3.63, 3.8) is 0 Å². The maximum Gasteiger partial charge on any atom is 0.00965 e. The van der Waals surface area contributed by atoms with Gasteiger partial charge in [0.25, 0.3) is 0 Å². The molecule has 0 unspecified atom stereocenters. The zero-order valence-corrected chi connectivity index (χ0v) is 11.0. The average Bonchev–Trinajstić information content (AvgIpc) is 2.57. The minimum atomic E-state index is 0.348. The fourth-order valence-corrected chi connectivity index (χ4v) is 3.01. The number of hydrogen-bond acceptors (Lipinski definition) is 1. The van der Waals surface area contributed by atoms with Crippen molar-refractivity contribution >= 4 is 43.2 Å². The molecular formula is C9H12Br2S. The van der Waals surface area contributed by atoms with E-state index in [4.69, 9.17) is 0 Å². The highest BCUT2D eigenvalue weighted by molar-refractivity contribution is 9.09. The molecule has 0 radical (unpaired) electrons. The van der Waals surface area contributed by atoms with Crippen LogP contribution in [0.1, 0.15) is 12.5 Å². The summed E-state index contributed by atoms with van der Waals surface area (Å²) in [6.07, 6.45) is 1.15. The monoisotopic (exact) mass is 310 g/mol. The minimum Gasteiger partial charge on any atom is -0.152 e. The Balaban J connectivity index is 2.60. The summed E-state index contributed by atoms with van der Waals surface area (Å²) in [5, 5.41) is 6.45. The van der Waals surface area contributed by atoms with Gasteiger partial charge in [0.05, 0.1) is 0 Å². The first-order valence-electron chi connectivity index (χ1n) is 3.83. The third-order valence-corrected chi connectivity index (χ3v) is 5.30. The van der Waals surface area contributed by atoms with Crippen LogP contribution in [0.25, 0.3) is 0 Å². The van der Waals surface area contributed by atoms with Gasteiger partial charge in [-0.25, -0.2) is 0 Å². The predicted molar refractivity (Wildman–Crippen MR) is 63.7 cm³/mol. The van der Waals surface area contributed by atoms with E-state index in [1.807, 2.05) is 0 Å². The molecule has 0 aliphatic rings. The Morgan fingerprint density at radius 1 is 1.42 bits per heavy atom. The van der Waals surface area contributed by atoms with Crippen LogP contribution >= 0.6 is 43.2 Å². The maximum absolute atomic E-state index is 3.55. The third-order valence-electron chi connectivity index (χ3n) is 1.86. The lowest BCUT2D eigenvalue weighted by Crippen LogP contribution is -2.22. The van der Waals surface area contributed by atoms with Crippen LogP contribution in [-0.2, 0) is 6.42 Å². The number of alkyl halides is 2. The lowest BCUT2D eigenvalue weighted by molar-refractivity contribution is 0.439. The van der Waals surface area contributed by atoms with Crippen LogP contribution in [0.3, 0.4) is 0 Å². The van der Waals surface area contributed by atoms with Crippen molar-refractivity contribution in [2.45, 2.75) is 13.3 Å². The maximum atomic E-state index is 3.55. The first kappa shape index (κ1) is 10.7. The van der Waals surface area contributed by atoms with Crippen LogP contribution in [0.15, 0.2) is 16.8 Å². The lowest BCUT2D eigenvalue weighted by Gasteiger charge is -2.23. The molecule has 1 rings (SSSR count). The van der Waals surface area contributed by atoms with Gasteiger partial charge in [-0.3, -0.25) is 0 Å². The van der Waals surface area contributed by atoms with Crippen LogP contribution < -0.4 is 0 Å². The molecule has 3 heteroatoms. The zero-order chi connectivity index (χ0) is 9.03. The topological polar surface area (TPSA) is 0 Å². The molecule has 0 N–H and O–H groups in total. The number of hydrogen-bond donors (Lipinski definition) is 0. The Morgan fingerprint density at radius 2 is 2.08 bits per heavy atom. The van der Waals surface area contributed by atoms with E-state index in [9.17, 15) is 0 Å². The van der Waals surface area contributed by atoms with Crippen molar-refractivity contribution in [1.82, 2.24) is 0 Å². The van der Waals surface area contributed by atoms with Crippen molar-refractivity contribution in [2.24, 2.45) is 5.41 Å². The molecule has 0 nitrogen and oxygen atoms in total. The second-order valence-corrected chi connectivity index (χ2v) is 5.29. The molecular weight excluding hydrogens is 300 g/mol. The Kier molecular flexibility index (Phi) is 4.27. The van der Waals surface area contributed by atoms with Crippen LogP contribution in [0.2, 0.25) is 0 Å². The molecule has 0 aromatic carbocycles. The molecule has 1 heterocycles. The Morgan fingerprint density at radius 3 is 2.50 bits per heavy atom. The molecule has 0 bridgehead atoms. The highest BCUT2D eigenvalue weighted by Gasteiger charge is 2.21. The Hall–Kier alpha value is 0.660. The van der Waals surface area contributed by atoms with Gasteiger partial charge in [0, 0.05) is 10.7 Å². The number of halogens is 2. The van der Waals surface area contributed by atoms with Gasteiger partial charge < -0.3 is 0 Å². The molecule has 0 atom stereocenters. The van der Waals surface area contributed by atoms with Gasteiger partial charge in [-0.05, 0) is 34.2 Å². The largest absolute Gasteiger partial charge is 0.152 e. The van der Waals surface area contributed by atoms with E-state index in [2.05, 4.69) is 55.6 Å². The molecule has 0 fully saturated rings. The summed E-state index contributed by atoms with van der Waals surface area (Å²) < 4.78 is 0. The second kappa shape index (κ2) is 4.77.